The molecule has 2 aromatic rings. The summed E-state index contributed by atoms with van der Waals surface area (Å²) < 4.78 is 2.02. The van der Waals surface area contributed by atoms with Gasteiger partial charge in [-0.15, -0.1) is 0 Å². The zero-order valence-electron chi connectivity index (χ0n) is 13.7. The fourth-order valence-corrected chi connectivity index (χ4v) is 3.21. The monoisotopic (exact) mass is 328 g/mol. The van der Waals surface area contributed by atoms with Crippen molar-refractivity contribution in [2.45, 2.75) is 37.9 Å². The van der Waals surface area contributed by atoms with Crippen molar-refractivity contribution in [3.05, 3.63) is 54.1 Å². The molecule has 1 aromatic heterocycles. The van der Waals surface area contributed by atoms with Crippen molar-refractivity contribution < 1.29 is 9.90 Å². The van der Waals surface area contributed by atoms with E-state index >= 15 is 0 Å². The first-order valence-corrected chi connectivity index (χ1v) is 8.39. The second-order valence-corrected chi connectivity index (χ2v) is 6.44. The molecule has 3 N–H and O–H groups in total. The number of likely N-dealkylation sites (tertiary alicyclic amines) is 1. The van der Waals surface area contributed by atoms with Gasteiger partial charge < -0.3 is 15.4 Å². The quantitative estimate of drug-likeness (QED) is 0.797. The Morgan fingerprint density at radius 1 is 1.38 bits per heavy atom. The van der Waals surface area contributed by atoms with E-state index in [0.29, 0.717) is 13.0 Å². The highest BCUT2D eigenvalue weighted by Crippen LogP contribution is 2.15. The number of hydrogen-bond donors (Lipinski definition) is 2. The van der Waals surface area contributed by atoms with Crippen molar-refractivity contribution in [1.82, 2.24) is 14.5 Å². The van der Waals surface area contributed by atoms with Gasteiger partial charge in [-0.05, 0) is 18.4 Å². The third-order valence-electron chi connectivity index (χ3n) is 4.57. The summed E-state index contributed by atoms with van der Waals surface area (Å²) in [4.78, 5) is 17.9. The number of hydrogen-bond acceptors (Lipinski definition) is 4. The topological polar surface area (TPSA) is 84.4 Å². The molecule has 1 aliphatic heterocycles. The number of aryl methyl sites for hydroxylation is 2. The fourth-order valence-electron chi connectivity index (χ4n) is 3.21. The number of rotatable bonds is 7. The van der Waals surface area contributed by atoms with Crippen LogP contribution in [0.5, 0.6) is 0 Å². The fraction of sp³-hybridized carbons (Fsp3) is 0.444. The zero-order chi connectivity index (χ0) is 16.9. The predicted molar refractivity (Wildman–Crippen MR) is 91.7 cm³/mol. The third-order valence-corrected chi connectivity index (χ3v) is 4.57. The summed E-state index contributed by atoms with van der Waals surface area (Å²) in [6.45, 7) is 2.22. The van der Waals surface area contributed by atoms with Gasteiger partial charge >= 0.3 is 5.97 Å². The molecule has 0 radical (unpaired) electrons. The van der Waals surface area contributed by atoms with Crippen LogP contribution in [0.2, 0.25) is 0 Å². The number of aliphatic carboxylic acids is 1. The number of nitrogens with two attached hydrogens (primary N) is 1. The highest BCUT2D eigenvalue weighted by molar-refractivity contribution is 5.73. The Hall–Kier alpha value is -2.18. The van der Waals surface area contributed by atoms with Gasteiger partial charge in [0.05, 0.1) is 12.0 Å². The van der Waals surface area contributed by atoms with Crippen LogP contribution >= 0.6 is 0 Å². The first kappa shape index (κ1) is 16.7. The van der Waals surface area contributed by atoms with E-state index in [1.807, 2.05) is 33.9 Å². The number of imidazole rings is 1. The van der Waals surface area contributed by atoms with Gasteiger partial charge in [-0.3, -0.25) is 9.69 Å². The molecule has 0 bridgehead atoms. The first-order chi connectivity index (χ1) is 11.6. The number of carboxylic acids is 1. The number of aromatic nitrogens is 2. The van der Waals surface area contributed by atoms with Gasteiger partial charge in [0, 0.05) is 38.3 Å². The molecule has 0 aliphatic carbocycles. The molecule has 6 nitrogen and oxygen atoms in total. The van der Waals surface area contributed by atoms with Crippen LogP contribution in [0.4, 0.5) is 0 Å². The molecule has 2 unspecified atom stereocenters. The summed E-state index contributed by atoms with van der Waals surface area (Å²) in [7, 11) is 0. The second kappa shape index (κ2) is 7.59. The van der Waals surface area contributed by atoms with Crippen LogP contribution in [0.25, 0.3) is 0 Å². The smallest absolute Gasteiger partial charge is 0.321 e. The minimum absolute atomic E-state index is 0.0790. The Balaban J connectivity index is 1.58. The van der Waals surface area contributed by atoms with Gasteiger partial charge in [-0.1, -0.05) is 30.3 Å². The SMILES string of the molecule is NC1CCN(C(Cc2cn(CCc3ccccc3)cn2)C(=O)O)C1. The molecule has 0 amide bonds. The Morgan fingerprint density at radius 2 is 2.17 bits per heavy atom. The second-order valence-electron chi connectivity index (χ2n) is 6.44. The van der Waals surface area contributed by atoms with E-state index in [4.69, 9.17) is 5.73 Å². The van der Waals surface area contributed by atoms with E-state index in [9.17, 15) is 9.90 Å². The van der Waals surface area contributed by atoms with Crippen LogP contribution in [0.15, 0.2) is 42.9 Å². The van der Waals surface area contributed by atoms with Crippen molar-refractivity contribution in [3.63, 3.8) is 0 Å². The summed E-state index contributed by atoms with van der Waals surface area (Å²) >= 11 is 0. The van der Waals surface area contributed by atoms with Crippen LogP contribution < -0.4 is 5.73 Å². The predicted octanol–water partition coefficient (Wildman–Crippen LogP) is 1.15. The highest BCUT2D eigenvalue weighted by atomic mass is 16.4. The maximum absolute atomic E-state index is 11.6. The van der Waals surface area contributed by atoms with Gasteiger partial charge in [0.1, 0.15) is 6.04 Å². The van der Waals surface area contributed by atoms with Crippen LogP contribution in [-0.2, 0) is 24.2 Å². The van der Waals surface area contributed by atoms with Crippen molar-refractivity contribution in [3.8, 4) is 0 Å². The Morgan fingerprint density at radius 3 is 2.83 bits per heavy atom. The third kappa shape index (κ3) is 4.21. The van der Waals surface area contributed by atoms with Crippen molar-refractivity contribution in [2.24, 2.45) is 5.73 Å². The van der Waals surface area contributed by atoms with Crippen LogP contribution in [0.1, 0.15) is 17.7 Å². The standard InChI is InChI=1S/C18H24N4O2/c19-15-7-9-22(11-15)17(18(23)24)10-16-12-21(13-20-16)8-6-14-4-2-1-3-5-14/h1-5,12-13,15,17H,6-11,19H2,(H,23,24). The molecule has 1 aromatic carbocycles. The minimum Gasteiger partial charge on any atom is -0.480 e. The number of carboxylic acid groups (broad SMARTS) is 1. The molecule has 128 valence electrons. The molecule has 1 fully saturated rings. The molecular weight excluding hydrogens is 304 g/mol. The molecule has 1 aliphatic rings. The van der Waals surface area contributed by atoms with Crippen molar-refractivity contribution in [2.75, 3.05) is 13.1 Å². The van der Waals surface area contributed by atoms with Gasteiger partial charge in [-0.25, -0.2) is 4.98 Å². The average molecular weight is 328 g/mol. The summed E-state index contributed by atoms with van der Waals surface area (Å²) in [6.07, 6.45) is 5.94. The lowest BCUT2D eigenvalue weighted by atomic mass is 10.1. The van der Waals surface area contributed by atoms with Gasteiger partial charge in [0.2, 0.25) is 0 Å². The van der Waals surface area contributed by atoms with Crippen LogP contribution in [0, 0.1) is 0 Å². The minimum atomic E-state index is -0.803. The Kier molecular flexibility index (Phi) is 5.27. The lowest BCUT2D eigenvalue weighted by Crippen LogP contribution is -2.42. The van der Waals surface area contributed by atoms with E-state index in [-0.39, 0.29) is 6.04 Å². The number of nitrogens with zero attached hydrogens (tertiary/aromatic N) is 3. The summed E-state index contributed by atoms with van der Waals surface area (Å²) in [5.74, 6) is -0.803. The molecule has 2 atom stereocenters. The molecule has 0 saturated carbocycles. The van der Waals surface area contributed by atoms with Crippen molar-refractivity contribution >= 4 is 5.97 Å². The van der Waals surface area contributed by atoms with Crippen molar-refractivity contribution in [1.29, 1.82) is 0 Å². The average Bonchev–Trinajstić information content (AvgIpc) is 3.20. The molecular formula is C18H24N4O2. The maximum atomic E-state index is 11.6. The summed E-state index contributed by atoms with van der Waals surface area (Å²) in [5.41, 5.74) is 8.00. The van der Waals surface area contributed by atoms with Gasteiger partial charge in [0.15, 0.2) is 0 Å². The Bertz CT molecular complexity index is 671. The zero-order valence-corrected chi connectivity index (χ0v) is 13.7. The summed E-state index contributed by atoms with van der Waals surface area (Å²) in [5, 5.41) is 9.52. The van der Waals surface area contributed by atoms with E-state index in [2.05, 4.69) is 17.1 Å². The number of carbonyl (C=O) groups is 1. The maximum Gasteiger partial charge on any atom is 0.321 e. The number of benzene rings is 1. The van der Waals surface area contributed by atoms with Crippen LogP contribution in [0.3, 0.4) is 0 Å². The van der Waals surface area contributed by atoms with Gasteiger partial charge in [0.25, 0.3) is 0 Å². The molecule has 24 heavy (non-hydrogen) atoms. The highest BCUT2D eigenvalue weighted by Gasteiger charge is 2.31. The molecule has 1 saturated heterocycles. The van der Waals surface area contributed by atoms with E-state index in [1.165, 1.54) is 5.56 Å². The van der Waals surface area contributed by atoms with Crippen LogP contribution in [-0.4, -0.2) is 50.7 Å². The Labute approximate surface area is 141 Å². The normalized spacial score (nSPS) is 19.5. The lowest BCUT2D eigenvalue weighted by Gasteiger charge is -2.23. The molecule has 2 heterocycles. The van der Waals surface area contributed by atoms with E-state index in [0.717, 1.165) is 31.6 Å². The molecule has 3 rings (SSSR count). The summed E-state index contributed by atoms with van der Waals surface area (Å²) in [6, 6.07) is 9.82. The first-order valence-electron chi connectivity index (χ1n) is 8.39. The largest absolute Gasteiger partial charge is 0.480 e. The van der Waals surface area contributed by atoms with E-state index in [1.54, 1.807) is 6.33 Å². The van der Waals surface area contributed by atoms with Gasteiger partial charge in [-0.2, -0.15) is 0 Å². The molecule has 6 heteroatoms. The molecule has 0 spiro atoms. The van der Waals surface area contributed by atoms with E-state index < -0.39 is 12.0 Å². The lowest BCUT2D eigenvalue weighted by molar-refractivity contribution is -0.142.